The number of para-hydroxylation sites is 1. The molecule has 0 bridgehead atoms. The van der Waals surface area contributed by atoms with Gasteiger partial charge in [0.25, 0.3) is 0 Å². The minimum Gasteiger partial charge on any atom is -0.456 e. The smallest absolute Gasteiger partial charge is 0.163 e. The van der Waals surface area contributed by atoms with Gasteiger partial charge in [-0.1, -0.05) is 115 Å². The van der Waals surface area contributed by atoms with Gasteiger partial charge in [-0.3, -0.25) is 0 Å². The maximum absolute atomic E-state index is 6.20. The third-order valence-electron chi connectivity index (χ3n) is 9.18. The van der Waals surface area contributed by atoms with Crippen LogP contribution in [-0.4, -0.2) is 15.0 Å². The summed E-state index contributed by atoms with van der Waals surface area (Å²) in [5.74, 6) is 2.26. The summed E-state index contributed by atoms with van der Waals surface area (Å²) in [6, 6.07) is 42.1. The van der Waals surface area contributed by atoms with Gasteiger partial charge in [0.1, 0.15) is 17.0 Å². The molecule has 2 heterocycles. The first-order chi connectivity index (χ1) is 22.3. The Balaban J connectivity index is 1.22. The molecule has 1 atom stereocenters. The predicted octanol–water partition coefficient (Wildman–Crippen LogP) is 10.2. The molecule has 1 unspecified atom stereocenters. The molecule has 0 fully saturated rings. The molecule has 214 valence electrons. The molecule has 4 heteroatoms. The quantitative estimate of drug-likeness (QED) is 0.208. The van der Waals surface area contributed by atoms with Crippen molar-refractivity contribution in [2.75, 3.05) is 0 Å². The number of fused-ring (bicyclic) bond motifs is 5. The third-order valence-corrected chi connectivity index (χ3v) is 9.18. The molecular weight excluding hydrogens is 550 g/mol. The highest BCUT2D eigenvalue weighted by molar-refractivity contribution is 6.12. The summed E-state index contributed by atoms with van der Waals surface area (Å²) in [7, 11) is 0. The zero-order valence-electron chi connectivity index (χ0n) is 24.7. The van der Waals surface area contributed by atoms with Crippen molar-refractivity contribution in [3.8, 4) is 33.9 Å². The van der Waals surface area contributed by atoms with Gasteiger partial charge in [-0.05, 0) is 70.9 Å². The lowest BCUT2D eigenvalue weighted by molar-refractivity contribution is 0.669. The Morgan fingerprint density at radius 1 is 0.600 bits per heavy atom. The van der Waals surface area contributed by atoms with Crippen molar-refractivity contribution in [1.29, 1.82) is 0 Å². The van der Waals surface area contributed by atoms with Crippen LogP contribution in [0.5, 0.6) is 0 Å². The zero-order chi connectivity index (χ0) is 29.7. The third kappa shape index (κ3) is 4.41. The number of benzene rings is 5. The van der Waals surface area contributed by atoms with Gasteiger partial charge < -0.3 is 4.42 Å². The fraction of sp³-hybridized carbons (Fsp3) is 0.0976. The van der Waals surface area contributed by atoms with Crippen molar-refractivity contribution in [3.05, 3.63) is 156 Å². The van der Waals surface area contributed by atoms with Crippen LogP contribution in [0.15, 0.2) is 143 Å². The number of hydrogen-bond acceptors (Lipinski definition) is 4. The molecule has 2 aliphatic carbocycles. The average Bonchev–Trinajstić information content (AvgIpc) is 3.51. The molecular formula is C41H29N3O. The Bertz CT molecular complexity index is 2310. The minimum atomic E-state index is 0.0601. The van der Waals surface area contributed by atoms with Crippen molar-refractivity contribution in [1.82, 2.24) is 15.0 Å². The Hall–Kier alpha value is -5.61. The van der Waals surface area contributed by atoms with Crippen molar-refractivity contribution in [2.45, 2.75) is 25.2 Å². The molecule has 0 N–H and O–H groups in total. The van der Waals surface area contributed by atoms with Crippen LogP contribution in [0.25, 0.3) is 61.4 Å². The molecule has 0 saturated heterocycles. The average molecular weight is 580 g/mol. The van der Waals surface area contributed by atoms with E-state index < -0.39 is 0 Å². The monoisotopic (exact) mass is 579 g/mol. The largest absolute Gasteiger partial charge is 0.456 e. The second kappa shape index (κ2) is 10.5. The van der Waals surface area contributed by atoms with Gasteiger partial charge in [0, 0.05) is 27.8 Å². The summed E-state index contributed by atoms with van der Waals surface area (Å²) in [5.41, 5.74) is 11.4. The molecule has 2 aromatic heterocycles. The number of rotatable bonds is 4. The van der Waals surface area contributed by atoms with Gasteiger partial charge in [0.05, 0.1) is 0 Å². The van der Waals surface area contributed by atoms with Crippen LogP contribution in [0, 0.1) is 0 Å². The number of aromatic nitrogens is 3. The molecule has 4 nitrogen and oxygen atoms in total. The van der Waals surface area contributed by atoms with Gasteiger partial charge in [-0.25, -0.2) is 15.0 Å². The Morgan fingerprint density at radius 2 is 1.31 bits per heavy atom. The molecule has 5 aromatic carbocycles. The van der Waals surface area contributed by atoms with Gasteiger partial charge >= 0.3 is 0 Å². The number of nitrogens with zero attached hydrogens (tertiary/aromatic N) is 3. The zero-order valence-corrected chi connectivity index (χ0v) is 24.7. The normalized spacial score (nSPS) is 15.8. The van der Waals surface area contributed by atoms with E-state index in [-0.39, 0.29) is 5.92 Å². The van der Waals surface area contributed by atoms with E-state index in [9.17, 15) is 0 Å². The SMILES string of the molecule is C1=CC2=C(CC1)c1ccccc1CC2c1nc(-c2ccccc2)nc(-c2cccc(-c3cccc4oc5ccccc5c34)c2)n1. The summed E-state index contributed by atoms with van der Waals surface area (Å²) in [6.45, 7) is 0. The molecule has 7 aromatic rings. The van der Waals surface area contributed by atoms with Gasteiger partial charge in [-0.15, -0.1) is 0 Å². The van der Waals surface area contributed by atoms with E-state index in [1.807, 2.05) is 36.4 Å². The number of allylic oxidation sites excluding steroid dienone is 4. The van der Waals surface area contributed by atoms with Crippen LogP contribution in [0.1, 0.15) is 35.7 Å². The lowest BCUT2D eigenvalue weighted by Gasteiger charge is -2.30. The molecule has 0 saturated carbocycles. The summed E-state index contributed by atoms with van der Waals surface area (Å²) in [5, 5.41) is 2.24. The van der Waals surface area contributed by atoms with E-state index in [0.29, 0.717) is 11.6 Å². The summed E-state index contributed by atoms with van der Waals surface area (Å²) in [4.78, 5) is 15.5. The van der Waals surface area contributed by atoms with E-state index in [1.54, 1.807) is 0 Å². The van der Waals surface area contributed by atoms with Gasteiger partial charge in [-0.2, -0.15) is 0 Å². The summed E-state index contributed by atoms with van der Waals surface area (Å²) in [6.07, 6.45) is 7.57. The maximum atomic E-state index is 6.20. The highest BCUT2D eigenvalue weighted by atomic mass is 16.3. The van der Waals surface area contributed by atoms with Crippen molar-refractivity contribution >= 4 is 27.5 Å². The minimum absolute atomic E-state index is 0.0601. The standard InChI is InChI=1S/C41H29N3O/c1-2-12-26(13-3-1)39-42-40(44-41(43-39)35-25-28-14-4-5-17-30(28)32-18-6-7-19-33(32)35)29-16-10-15-27(24-29)31-21-11-23-37-38(31)34-20-8-9-22-36(34)45-37/h1-5,7-17,19-24,35H,6,18,25H2. The molecule has 2 aliphatic rings. The number of furan rings is 1. The molecule has 9 rings (SSSR count). The van der Waals surface area contributed by atoms with Crippen molar-refractivity contribution in [3.63, 3.8) is 0 Å². The Labute approximate surface area is 261 Å². The predicted molar refractivity (Wildman–Crippen MR) is 182 cm³/mol. The fourth-order valence-corrected chi connectivity index (χ4v) is 7.09. The Morgan fingerprint density at radius 3 is 2.24 bits per heavy atom. The highest BCUT2D eigenvalue weighted by Gasteiger charge is 2.30. The van der Waals surface area contributed by atoms with E-state index in [1.165, 1.54) is 22.3 Å². The second-order valence-electron chi connectivity index (χ2n) is 11.9. The van der Waals surface area contributed by atoms with Crippen LogP contribution < -0.4 is 0 Å². The van der Waals surface area contributed by atoms with E-state index in [2.05, 4.69) is 97.1 Å². The molecule has 0 radical (unpaired) electrons. The fourth-order valence-electron chi connectivity index (χ4n) is 7.09. The van der Waals surface area contributed by atoms with Crippen LogP contribution in [0.4, 0.5) is 0 Å². The first kappa shape index (κ1) is 25.8. The molecule has 45 heavy (non-hydrogen) atoms. The molecule has 0 spiro atoms. The summed E-state index contributed by atoms with van der Waals surface area (Å²) < 4.78 is 6.20. The topological polar surface area (TPSA) is 51.8 Å². The van der Waals surface area contributed by atoms with Gasteiger partial charge in [0.15, 0.2) is 11.6 Å². The lowest BCUT2D eigenvalue weighted by atomic mass is 9.75. The van der Waals surface area contributed by atoms with Crippen LogP contribution in [0.2, 0.25) is 0 Å². The van der Waals surface area contributed by atoms with Gasteiger partial charge in [0.2, 0.25) is 0 Å². The van der Waals surface area contributed by atoms with Crippen molar-refractivity contribution < 1.29 is 4.42 Å². The van der Waals surface area contributed by atoms with Crippen LogP contribution in [-0.2, 0) is 6.42 Å². The van der Waals surface area contributed by atoms with E-state index >= 15 is 0 Å². The van der Waals surface area contributed by atoms with Crippen LogP contribution >= 0.6 is 0 Å². The Kier molecular flexibility index (Phi) is 6.05. The molecule has 0 aliphatic heterocycles. The summed E-state index contributed by atoms with van der Waals surface area (Å²) >= 11 is 0. The van der Waals surface area contributed by atoms with Crippen molar-refractivity contribution in [2.24, 2.45) is 0 Å². The highest BCUT2D eigenvalue weighted by Crippen LogP contribution is 2.44. The first-order valence-electron chi connectivity index (χ1n) is 15.6. The van der Waals surface area contributed by atoms with Crippen LogP contribution in [0.3, 0.4) is 0 Å². The van der Waals surface area contributed by atoms with E-state index in [0.717, 1.165) is 69.3 Å². The second-order valence-corrected chi connectivity index (χ2v) is 11.9. The first-order valence-corrected chi connectivity index (χ1v) is 15.6. The maximum Gasteiger partial charge on any atom is 0.163 e. The van der Waals surface area contributed by atoms with E-state index in [4.69, 9.17) is 19.4 Å². The molecule has 0 amide bonds. The number of hydrogen-bond donors (Lipinski definition) is 0. The lowest BCUT2D eigenvalue weighted by Crippen LogP contribution is -2.19.